The van der Waals surface area contributed by atoms with Crippen LogP contribution in [0.1, 0.15) is 0 Å². The Morgan fingerprint density at radius 3 is 2.12 bits per heavy atom. The van der Waals surface area contributed by atoms with Crippen molar-refractivity contribution in [2.24, 2.45) is 0 Å². The fourth-order valence-electron chi connectivity index (χ4n) is 1.99. The number of rotatable bonds is 8. The van der Waals surface area contributed by atoms with E-state index in [0.717, 1.165) is 0 Å². The lowest BCUT2D eigenvalue weighted by molar-refractivity contribution is -0.306. The maximum atomic E-state index is 11.0. The van der Waals surface area contributed by atoms with Crippen LogP contribution in [0.4, 0.5) is 0 Å². The number of aliphatic hydroxyl groups is 8. The van der Waals surface area contributed by atoms with E-state index in [1.165, 1.54) is 0 Å². The summed E-state index contributed by atoms with van der Waals surface area (Å²) >= 11 is 0. The molecule has 8 atom stereocenters. The smallest absolute Gasteiger partial charge is 0.189 e. The van der Waals surface area contributed by atoms with Gasteiger partial charge < -0.3 is 55.8 Å². The summed E-state index contributed by atoms with van der Waals surface area (Å²) in [5.74, 6) is -1.11. The van der Waals surface area contributed by atoms with Crippen LogP contribution in [0.15, 0.2) is 0 Å². The van der Waals surface area contributed by atoms with Gasteiger partial charge in [-0.05, 0) is 0 Å². The van der Waals surface area contributed by atoms with Crippen molar-refractivity contribution in [3.63, 3.8) is 0 Å². The number of ketones is 1. The molecule has 0 aromatic heterocycles. The molecule has 0 amide bonds. The summed E-state index contributed by atoms with van der Waals surface area (Å²) in [6, 6.07) is 0. The predicted octanol–water partition coefficient (Wildman–Crippen LogP) is -6.38. The van der Waals surface area contributed by atoms with Gasteiger partial charge in [-0.3, -0.25) is 4.79 Å². The summed E-state index contributed by atoms with van der Waals surface area (Å²) in [6.07, 6.45) is -13.4. The third-order valence-corrected chi connectivity index (χ3v) is 3.48. The van der Waals surface area contributed by atoms with Gasteiger partial charge in [0.15, 0.2) is 12.1 Å². The van der Waals surface area contributed by atoms with Crippen LogP contribution < -0.4 is 0 Å². The van der Waals surface area contributed by atoms with Gasteiger partial charge in [-0.15, -0.1) is 0 Å². The minimum Gasteiger partial charge on any atom is -0.412 e. The molecule has 1 saturated heterocycles. The van der Waals surface area contributed by atoms with E-state index in [0.29, 0.717) is 0 Å². The van der Waals surface area contributed by atoms with Crippen molar-refractivity contribution in [1.82, 2.24) is 0 Å². The van der Waals surface area contributed by atoms with E-state index in [-0.39, 0.29) is 5.48 Å². The molecular weight excluding hydrogens is 336 g/mol. The van der Waals surface area contributed by atoms with E-state index in [2.05, 4.69) is 0 Å². The largest absolute Gasteiger partial charge is 0.412 e. The molecule has 0 unspecified atom stereocenters. The second kappa shape index (κ2) is 10.3. The monoisotopic (exact) mass is 360 g/mol. The zero-order valence-electron chi connectivity index (χ0n) is 12.5. The van der Waals surface area contributed by atoms with Crippen LogP contribution in [-0.2, 0) is 14.3 Å². The summed E-state index contributed by atoms with van der Waals surface area (Å²) in [5, 5.41) is 74.8. The Balaban J connectivity index is 0.00000529. The van der Waals surface area contributed by atoms with Gasteiger partial charge in [0.1, 0.15) is 49.3 Å². The van der Waals surface area contributed by atoms with Crippen LogP contribution in [0.5, 0.6) is 0 Å². The van der Waals surface area contributed by atoms with Crippen molar-refractivity contribution in [3.8, 4) is 0 Å². The van der Waals surface area contributed by atoms with Crippen molar-refractivity contribution < 1.29 is 60.6 Å². The SMILES string of the molecule is O.O=C(CO)[C@H](O)[C@@H](O)[C@@H](O)CO[C@@H]1O[C@@H](CO)[C@H](O)[C@@H](O)[C@@H]1O. The quantitative estimate of drug-likeness (QED) is 0.203. The second-order valence-corrected chi connectivity index (χ2v) is 5.16. The van der Waals surface area contributed by atoms with Crippen LogP contribution in [0.25, 0.3) is 0 Å². The van der Waals surface area contributed by atoms with E-state index in [9.17, 15) is 35.4 Å². The number of carbonyl (C=O) groups is 1. The van der Waals surface area contributed by atoms with Crippen LogP contribution in [0, 0.1) is 0 Å². The number of aliphatic hydroxyl groups excluding tert-OH is 8. The van der Waals surface area contributed by atoms with Crippen molar-refractivity contribution in [1.29, 1.82) is 0 Å². The summed E-state index contributed by atoms with van der Waals surface area (Å²) in [6.45, 7) is -2.40. The standard InChI is InChI=1S/C12H22O11.H2O/c13-1-4(15)7(17)8(18)5(16)3-22-12-11(21)10(20)9(19)6(2-14)23-12;/h5-14,16-21H,1-3H2;1H2/t5-,6-,7-,8-,9-,10+,11-,12+;/m0./s1. The highest BCUT2D eigenvalue weighted by Crippen LogP contribution is 2.22. The number of carbonyl (C=O) groups excluding carboxylic acids is 1. The molecule has 0 aromatic carbocycles. The lowest BCUT2D eigenvalue weighted by Crippen LogP contribution is -2.59. The molecule has 0 bridgehead atoms. The highest BCUT2D eigenvalue weighted by atomic mass is 16.7. The fourth-order valence-corrected chi connectivity index (χ4v) is 1.99. The average Bonchev–Trinajstić information content (AvgIpc) is 2.56. The van der Waals surface area contributed by atoms with Gasteiger partial charge in [0, 0.05) is 0 Å². The van der Waals surface area contributed by atoms with Gasteiger partial charge in [-0.1, -0.05) is 0 Å². The van der Waals surface area contributed by atoms with E-state index in [1.54, 1.807) is 0 Å². The summed E-state index contributed by atoms with van der Waals surface area (Å²) in [4.78, 5) is 11.0. The Kier molecular flexibility index (Phi) is 9.94. The third-order valence-electron chi connectivity index (χ3n) is 3.48. The molecule has 1 aliphatic rings. The molecule has 1 rings (SSSR count). The normalized spacial score (nSPS) is 34.1. The Bertz CT molecular complexity index is 377. The Labute approximate surface area is 136 Å². The van der Waals surface area contributed by atoms with Gasteiger partial charge in [-0.25, -0.2) is 0 Å². The first kappa shape index (κ1) is 23.2. The van der Waals surface area contributed by atoms with Gasteiger partial charge >= 0.3 is 0 Å². The summed E-state index contributed by atoms with van der Waals surface area (Å²) in [5.41, 5.74) is 0. The van der Waals surface area contributed by atoms with Crippen LogP contribution in [-0.4, -0.2) is 121 Å². The molecular formula is C12H24O12. The predicted molar refractivity (Wildman–Crippen MR) is 73.4 cm³/mol. The molecule has 1 fully saturated rings. The van der Waals surface area contributed by atoms with Crippen molar-refractivity contribution in [3.05, 3.63) is 0 Å². The topological polar surface area (TPSA) is 229 Å². The van der Waals surface area contributed by atoms with Gasteiger partial charge in [0.05, 0.1) is 13.2 Å². The van der Waals surface area contributed by atoms with Crippen molar-refractivity contribution in [2.45, 2.75) is 49.0 Å². The maximum absolute atomic E-state index is 11.0. The molecule has 0 radical (unpaired) electrons. The van der Waals surface area contributed by atoms with Crippen LogP contribution >= 0.6 is 0 Å². The van der Waals surface area contributed by atoms with E-state index >= 15 is 0 Å². The zero-order valence-corrected chi connectivity index (χ0v) is 12.5. The first-order valence-corrected chi connectivity index (χ1v) is 6.84. The lowest BCUT2D eigenvalue weighted by atomic mass is 9.99. The molecule has 0 spiro atoms. The Morgan fingerprint density at radius 1 is 1.04 bits per heavy atom. The van der Waals surface area contributed by atoms with Gasteiger partial charge in [-0.2, -0.15) is 0 Å². The average molecular weight is 360 g/mol. The van der Waals surface area contributed by atoms with Gasteiger partial charge in [0.2, 0.25) is 0 Å². The molecule has 12 nitrogen and oxygen atoms in total. The lowest BCUT2D eigenvalue weighted by Gasteiger charge is -2.40. The van der Waals surface area contributed by atoms with E-state index in [1.807, 2.05) is 0 Å². The van der Waals surface area contributed by atoms with Gasteiger partial charge in [0.25, 0.3) is 0 Å². The molecule has 1 heterocycles. The summed E-state index contributed by atoms with van der Waals surface area (Å²) < 4.78 is 9.94. The molecule has 12 heteroatoms. The first-order chi connectivity index (χ1) is 10.7. The third kappa shape index (κ3) is 5.37. The van der Waals surface area contributed by atoms with Crippen molar-refractivity contribution >= 4 is 5.78 Å². The maximum Gasteiger partial charge on any atom is 0.189 e. The van der Waals surface area contributed by atoms with Crippen LogP contribution in [0.2, 0.25) is 0 Å². The number of hydrogen-bond acceptors (Lipinski definition) is 11. The molecule has 1 aliphatic heterocycles. The Morgan fingerprint density at radius 2 is 1.62 bits per heavy atom. The highest BCUT2D eigenvalue weighted by Gasteiger charge is 2.44. The minimum absolute atomic E-state index is 0. The minimum atomic E-state index is -2.03. The Hall–Kier alpha value is -0.770. The van der Waals surface area contributed by atoms with Crippen LogP contribution in [0.3, 0.4) is 0 Å². The zero-order chi connectivity index (χ0) is 17.7. The second-order valence-electron chi connectivity index (χ2n) is 5.16. The molecule has 0 saturated carbocycles. The molecule has 10 N–H and O–H groups in total. The van der Waals surface area contributed by atoms with E-state index < -0.39 is 74.6 Å². The molecule has 0 aliphatic carbocycles. The molecule has 144 valence electrons. The number of Topliss-reactive ketones (excluding diaryl/α,β-unsaturated/α-hetero) is 1. The number of hydrogen-bond donors (Lipinski definition) is 8. The summed E-state index contributed by atoms with van der Waals surface area (Å²) in [7, 11) is 0. The van der Waals surface area contributed by atoms with Crippen molar-refractivity contribution in [2.75, 3.05) is 19.8 Å². The highest BCUT2D eigenvalue weighted by molar-refractivity contribution is 5.84. The first-order valence-electron chi connectivity index (χ1n) is 6.84. The fraction of sp³-hybridized carbons (Fsp3) is 0.917. The number of ether oxygens (including phenoxy) is 2. The molecule has 0 aromatic rings. The van der Waals surface area contributed by atoms with E-state index in [4.69, 9.17) is 19.7 Å². The molecule has 24 heavy (non-hydrogen) atoms.